The maximum Gasteiger partial charge on any atom is 0.488 e. The van der Waals surface area contributed by atoms with Crippen molar-refractivity contribution in [2.45, 2.75) is 12.8 Å². The zero-order valence-corrected chi connectivity index (χ0v) is 7.48. The van der Waals surface area contributed by atoms with Gasteiger partial charge in [-0.1, -0.05) is 12.1 Å². The van der Waals surface area contributed by atoms with Crippen LogP contribution in [0.4, 0.5) is 13.2 Å². The first-order valence-corrected chi connectivity index (χ1v) is 4.05. The van der Waals surface area contributed by atoms with Crippen molar-refractivity contribution in [2.75, 3.05) is 0 Å². The van der Waals surface area contributed by atoms with Gasteiger partial charge in [-0.3, -0.25) is 0 Å². The highest BCUT2D eigenvalue weighted by atomic mass is 19.3. The summed E-state index contributed by atoms with van der Waals surface area (Å²) in [7, 11) is -1.66. The zero-order valence-electron chi connectivity index (χ0n) is 7.48. The summed E-state index contributed by atoms with van der Waals surface area (Å²) in [5, 5.41) is 17.4. The third-order valence-electron chi connectivity index (χ3n) is 1.63. The van der Waals surface area contributed by atoms with Crippen molar-refractivity contribution in [2.24, 2.45) is 0 Å². The molecule has 0 aromatic heterocycles. The molecule has 1 aromatic rings. The molecule has 3 nitrogen and oxygen atoms in total. The second-order valence-corrected chi connectivity index (χ2v) is 2.75. The highest BCUT2D eigenvalue weighted by Gasteiger charge is 2.20. The van der Waals surface area contributed by atoms with Crippen molar-refractivity contribution < 1.29 is 28.0 Å². The van der Waals surface area contributed by atoms with E-state index >= 15 is 0 Å². The van der Waals surface area contributed by atoms with Crippen LogP contribution in [0, 0.1) is 0 Å². The standard InChI is InChI=1S/C8H8BF3O3/c10-7(11)8(12)15-6-3-1-5(2-4-6)9(13)14/h1-4,7-8,13-14H. The van der Waals surface area contributed by atoms with E-state index < -0.39 is 19.9 Å². The number of rotatable bonds is 4. The van der Waals surface area contributed by atoms with Crippen LogP contribution in [0.3, 0.4) is 0 Å². The first kappa shape index (κ1) is 11.9. The molecule has 82 valence electrons. The van der Waals surface area contributed by atoms with Gasteiger partial charge in [0.25, 0.3) is 6.36 Å². The van der Waals surface area contributed by atoms with Crippen molar-refractivity contribution in [1.82, 2.24) is 0 Å². The molecule has 1 atom stereocenters. The van der Waals surface area contributed by atoms with Gasteiger partial charge in [-0.25, -0.2) is 8.78 Å². The maximum absolute atomic E-state index is 12.4. The van der Waals surface area contributed by atoms with Gasteiger partial charge in [0.05, 0.1) is 0 Å². The molecule has 15 heavy (non-hydrogen) atoms. The Labute approximate surface area is 84.3 Å². The number of hydrogen-bond acceptors (Lipinski definition) is 3. The molecule has 0 aliphatic heterocycles. The van der Waals surface area contributed by atoms with Gasteiger partial charge < -0.3 is 14.8 Å². The lowest BCUT2D eigenvalue weighted by molar-refractivity contribution is -0.0668. The molecule has 0 aliphatic rings. The minimum Gasteiger partial charge on any atom is -0.454 e. The lowest BCUT2D eigenvalue weighted by Gasteiger charge is -2.10. The highest BCUT2D eigenvalue weighted by molar-refractivity contribution is 6.58. The van der Waals surface area contributed by atoms with E-state index in [9.17, 15) is 13.2 Å². The summed E-state index contributed by atoms with van der Waals surface area (Å²) in [5.74, 6) is -0.104. The second-order valence-electron chi connectivity index (χ2n) is 2.75. The third kappa shape index (κ3) is 3.45. The maximum atomic E-state index is 12.4. The van der Waals surface area contributed by atoms with Gasteiger partial charge in [0.15, 0.2) is 0 Å². The molecule has 0 amide bonds. The number of alkyl halides is 3. The van der Waals surface area contributed by atoms with E-state index in [1.807, 2.05) is 0 Å². The highest BCUT2D eigenvalue weighted by Crippen LogP contribution is 2.14. The molecule has 7 heteroatoms. The van der Waals surface area contributed by atoms with Gasteiger partial charge in [0.2, 0.25) is 0 Å². The summed E-state index contributed by atoms with van der Waals surface area (Å²) in [5.41, 5.74) is 0.162. The molecule has 0 bridgehead atoms. The molecule has 0 heterocycles. The molecular weight excluding hydrogens is 212 g/mol. The molecule has 0 aliphatic carbocycles. The average molecular weight is 220 g/mol. The lowest BCUT2D eigenvalue weighted by atomic mass is 9.80. The van der Waals surface area contributed by atoms with Crippen LogP contribution in [0.1, 0.15) is 0 Å². The predicted octanol–water partition coefficient (Wildman–Crippen LogP) is 0.306. The van der Waals surface area contributed by atoms with E-state index in [-0.39, 0.29) is 11.2 Å². The second kappa shape index (κ2) is 5.04. The Hall–Kier alpha value is -1.21. The van der Waals surface area contributed by atoms with Crippen LogP contribution in [0.15, 0.2) is 24.3 Å². The smallest absolute Gasteiger partial charge is 0.454 e. The molecule has 0 spiro atoms. The van der Waals surface area contributed by atoms with E-state index in [4.69, 9.17) is 10.0 Å². The topological polar surface area (TPSA) is 49.7 Å². The van der Waals surface area contributed by atoms with Crippen molar-refractivity contribution in [3.05, 3.63) is 24.3 Å². The lowest BCUT2D eigenvalue weighted by Crippen LogP contribution is -2.29. The van der Waals surface area contributed by atoms with Crippen molar-refractivity contribution in [3.8, 4) is 5.75 Å². The molecule has 0 fully saturated rings. The van der Waals surface area contributed by atoms with Gasteiger partial charge >= 0.3 is 13.5 Å². The van der Waals surface area contributed by atoms with E-state index in [1.54, 1.807) is 0 Å². The van der Waals surface area contributed by atoms with Crippen molar-refractivity contribution in [1.29, 1.82) is 0 Å². The summed E-state index contributed by atoms with van der Waals surface area (Å²) >= 11 is 0. The average Bonchev–Trinajstić information content (AvgIpc) is 2.18. The van der Waals surface area contributed by atoms with E-state index in [2.05, 4.69) is 4.74 Å². The van der Waals surface area contributed by atoms with Gasteiger partial charge in [0.1, 0.15) is 5.75 Å². The molecule has 0 radical (unpaired) electrons. The first-order chi connectivity index (χ1) is 7.00. The Morgan fingerprint density at radius 2 is 1.60 bits per heavy atom. The fraction of sp³-hybridized carbons (Fsp3) is 0.250. The normalized spacial score (nSPS) is 12.7. The van der Waals surface area contributed by atoms with Crippen LogP contribution >= 0.6 is 0 Å². The fourth-order valence-electron chi connectivity index (χ4n) is 0.900. The Morgan fingerprint density at radius 1 is 1.07 bits per heavy atom. The Balaban J connectivity index is 2.64. The van der Waals surface area contributed by atoms with Crippen LogP contribution < -0.4 is 10.2 Å². The predicted molar refractivity (Wildman–Crippen MR) is 47.8 cm³/mol. The molecule has 2 N–H and O–H groups in total. The SMILES string of the molecule is OB(O)c1ccc(OC(F)C(F)F)cc1. The largest absolute Gasteiger partial charge is 0.488 e. The zero-order chi connectivity index (χ0) is 11.4. The van der Waals surface area contributed by atoms with Crippen molar-refractivity contribution >= 4 is 12.6 Å². The summed E-state index contributed by atoms with van der Waals surface area (Å²) in [4.78, 5) is 0. The number of benzene rings is 1. The Morgan fingerprint density at radius 3 is 2.00 bits per heavy atom. The minimum absolute atomic E-state index is 0.104. The number of ether oxygens (including phenoxy) is 1. The number of halogens is 3. The molecule has 1 aromatic carbocycles. The van der Waals surface area contributed by atoms with Crippen LogP contribution in [-0.2, 0) is 0 Å². The van der Waals surface area contributed by atoms with E-state index in [1.165, 1.54) is 24.3 Å². The van der Waals surface area contributed by atoms with Gasteiger partial charge in [-0.2, -0.15) is 4.39 Å². The monoisotopic (exact) mass is 220 g/mol. The Bertz CT molecular complexity index is 305. The van der Waals surface area contributed by atoms with Crippen LogP contribution in [-0.4, -0.2) is 29.9 Å². The van der Waals surface area contributed by atoms with Crippen LogP contribution in [0.2, 0.25) is 0 Å². The van der Waals surface area contributed by atoms with Gasteiger partial charge in [0, 0.05) is 0 Å². The molecule has 0 saturated heterocycles. The van der Waals surface area contributed by atoms with Crippen LogP contribution in [0.25, 0.3) is 0 Å². The molecule has 1 rings (SSSR count). The summed E-state index contributed by atoms with van der Waals surface area (Å²) < 4.78 is 40.1. The minimum atomic E-state index is -3.21. The van der Waals surface area contributed by atoms with E-state index in [0.29, 0.717) is 0 Å². The fourth-order valence-corrected chi connectivity index (χ4v) is 0.900. The number of hydrogen-bond donors (Lipinski definition) is 2. The first-order valence-electron chi connectivity index (χ1n) is 4.05. The molecule has 0 saturated carbocycles. The van der Waals surface area contributed by atoms with Crippen LogP contribution in [0.5, 0.6) is 5.75 Å². The van der Waals surface area contributed by atoms with Gasteiger partial charge in [-0.05, 0) is 17.6 Å². The Kier molecular flexibility index (Phi) is 3.99. The quantitative estimate of drug-likeness (QED) is 0.717. The molecular formula is C8H8BF3O3. The molecule has 1 unspecified atom stereocenters. The summed E-state index contributed by atoms with van der Waals surface area (Å²) in [6, 6.07) is 4.81. The van der Waals surface area contributed by atoms with Gasteiger partial charge in [-0.15, -0.1) is 0 Å². The third-order valence-corrected chi connectivity index (χ3v) is 1.63. The van der Waals surface area contributed by atoms with E-state index in [0.717, 1.165) is 0 Å². The summed E-state index contributed by atoms with van der Waals surface area (Å²) in [6.07, 6.45) is -5.90. The van der Waals surface area contributed by atoms with Crippen molar-refractivity contribution in [3.63, 3.8) is 0 Å². The summed E-state index contributed by atoms with van der Waals surface area (Å²) in [6.45, 7) is 0.